The van der Waals surface area contributed by atoms with Crippen LogP contribution in [0.25, 0.3) is 11.8 Å². The molecule has 1 fully saturated rings. The van der Waals surface area contributed by atoms with Crippen molar-refractivity contribution in [3.05, 3.63) is 89.1 Å². The van der Waals surface area contributed by atoms with E-state index >= 15 is 0 Å². The molecule has 0 unspecified atom stereocenters. The number of anilines is 1. The van der Waals surface area contributed by atoms with Gasteiger partial charge >= 0.3 is 5.97 Å². The molecular weight excluding hydrogens is 478 g/mol. The van der Waals surface area contributed by atoms with Crippen LogP contribution in [0.1, 0.15) is 73.1 Å². The molecule has 0 amide bonds. The summed E-state index contributed by atoms with van der Waals surface area (Å²) < 4.78 is 7.45. The van der Waals surface area contributed by atoms with Gasteiger partial charge in [0.25, 0.3) is 0 Å². The highest BCUT2D eigenvalue weighted by atomic mass is 16.5. The van der Waals surface area contributed by atoms with Crippen LogP contribution in [0.4, 0.5) is 5.82 Å². The van der Waals surface area contributed by atoms with Crippen LogP contribution in [0.5, 0.6) is 5.75 Å². The minimum absolute atomic E-state index is 0.0612. The van der Waals surface area contributed by atoms with Gasteiger partial charge in [-0.3, -0.25) is 9.48 Å². The Hall–Kier alpha value is -4.13. The van der Waals surface area contributed by atoms with E-state index in [0.29, 0.717) is 29.4 Å². The van der Waals surface area contributed by atoms with Gasteiger partial charge in [-0.25, -0.2) is 4.79 Å². The van der Waals surface area contributed by atoms with E-state index in [1.807, 2.05) is 62.4 Å². The summed E-state index contributed by atoms with van der Waals surface area (Å²) in [5, 5.41) is 16.7. The number of carbonyl (C=O) groups excluding carboxylic acids is 1. The van der Waals surface area contributed by atoms with Gasteiger partial charge in [0.1, 0.15) is 24.5 Å². The molecule has 200 valence electrons. The summed E-state index contributed by atoms with van der Waals surface area (Å²) in [5.41, 5.74) is 4.21. The highest BCUT2D eigenvalue weighted by Crippen LogP contribution is 2.34. The number of allylic oxidation sites excluding steroid dienone is 1. The van der Waals surface area contributed by atoms with Gasteiger partial charge in [0, 0.05) is 18.7 Å². The fraction of sp³-hybridized carbons (Fsp3) is 0.323. The van der Waals surface area contributed by atoms with Gasteiger partial charge in [-0.1, -0.05) is 64.0 Å². The van der Waals surface area contributed by atoms with Crippen molar-refractivity contribution in [3.63, 3.8) is 0 Å². The van der Waals surface area contributed by atoms with E-state index in [0.717, 1.165) is 48.7 Å². The zero-order valence-electron chi connectivity index (χ0n) is 22.4. The monoisotopic (exact) mass is 515 g/mol. The van der Waals surface area contributed by atoms with Gasteiger partial charge in [-0.2, -0.15) is 5.10 Å². The second-order valence-corrected chi connectivity index (χ2v) is 9.01. The third kappa shape index (κ3) is 7.22. The SMILES string of the molecule is C=Cc1cccc(COc2ccc(/C(Nc3cc(C(=O)O)nn3C)=C(/C=O)C3CCCCC3)cc2)c1.CC. The maximum Gasteiger partial charge on any atom is 0.356 e. The molecule has 0 spiro atoms. The van der Waals surface area contributed by atoms with Crippen molar-refractivity contribution in [3.8, 4) is 5.75 Å². The normalized spacial score (nSPS) is 14.0. The van der Waals surface area contributed by atoms with Gasteiger partial charge in [0.2, 0.25) is 0 Å². The van der Waals surface area contributed by atoms with Crippen LogP contribution < -0.4 is 10.1 Å². The van der Waals surface area contributed by atoms with Crippen molar-refractivity contribution in [2.45, 2.75) is 52.6 Å². The number of carboxylic acid groups (broad SMARTS) is 1. The fourth-order valence-corrected chi connectivity index (χ4v) is 4.60. The number of aryl methyl sites for hydroxylation is 1. The Kier molecular flexibility index (Phi) is 10.5. The van der Waals surface area contributed by atoms with Crippen molar-refractivity contribution in [1.82, 2.24) is 9.78 Å². The number of hydrogen-bond acceptors (Lipinski definition) is 5. The molecular formula is C31H37N3O4. The number of aromatic carboxylic acids is 1. The Balaban J connectivity index is 0.00000195. The smallest absolute Gasteiger partial charge is 0.356 e. The molecule has 0 saturated heterocycles. The molecule has 7 heteroatoms. The van der Waals surface area contributed by atoms with Crippen LogP contribution in [0, 0.1) is 5.92 Å². The average Bonchev–Trinajstić information content (AvgIpc) is 3.34. The third-order valence-corrected chi connectivity index (χ3v) is 6.55. The molecule has 1 aromatic heterocycles. The van der Waals surface area contributed by atoms with Crippen molar-refractivity contribution in [2.24, 2.45) is 13.0 Å². The first-order valence-corrected chi connectivity index (χ1v) is 13.2. The standard InChI is InChI=1S/C29H31N3O4.C2H6/c1-3-20-8-7-9-21(16-20)19-36-24-14-12-23(13-15-24)28(25(18-33)22-10-5-4-6-11-22)30-27-17-26(29(34)35)31-32(27)2;1-2/h3,7-9,12-18,22,30H,1,4-6,10-11,19H2,2H3,(H,34,35);1-2H3/b28-25+;. The van der Waals surface area contributed by atoms with Crippen LogP contribution >= 0.6 is 0 Å². The molecule has 0 aliphatic heterocycles. The van der Waals surface area contributed by atoms with Gasteiger partial charge in [-0.05, 0) is 65.8 Å². The molecule has 1 heterocycles. The highest BCUT2D eigenvalue weighted by Gasteiger charge is 2.23. The second kappa shape index (κ2) is 14.0. The largest absolute Gasteiger partial charge is 0.489 e. The Bertz CT molecular complexity index is 1270. The first kappa shape index (κ1) is 28.4. The molecule has 1 aliphatic carbocycles. The number of benzene rings is 2. The van der Waals surface area contributed by atoms with Crippen molar-refractivity contribution in [1.29, 1.82) is 0 Å². The van der Waals surface area contributed by atoms with E-state index in [1.54, 1.807) is 13.1 Å². The molecule has 38 heavy (non-hydrogen) atoms. The maximum atomic E-state index is 12.3. The summed E-state index contributed by atoms with van der Waals surface area (Å²) in [5.74, 6) is 0.257. The predicted molar refractivity (Wildman–Crippen MR) is 152 cm³/mol. The average molecular weight is 516 g/mol. The Morgan fingerprint density at radius 3 is 2.45 bits per heavy atom. The first-order chi connectivity index (χ1) is 18.5. The Morgan fingerprint density at radius 2 is 1.84 bits per heavy atom. The van der Waals surface area contributed by atoms with Gasteiger partial charge < -0.3 is 15.2 Å². The number of nitrogens with zero attached hydrogens (tertiary/aromatic N) is 2. The van der Waals surface area contributed by atoms with Gasteiger partial charge in [0.15, 0.2) is 5.69 Å². The summed E-state index contributed by atoms with van der Waals surface area (Å²) in [4.78, 5) is 23.7. The van der Waals surface area contributed by atoms with Gasteiger partial charge in [-0.15, -0.1) is 0 Å². The summed E-state index contributed by atoms with van der Waals surface area (Å²) in [6.45, 7) is 8.23. The van der Waals surface area contributed by atoms with Crippen LogP contribution in [0.2, 0.25) is 0 Å². The summed E-state index contributed by atoms with van der Waals surface area (Å²) >= 11 is 0. The second-order valence-electron chi connectivity index (χ2n) is 9.01. The van der Waals surface area contributed by atoms with E-state index in [2.05, 4.69) is 17.0 Å². The first-order valence-electron chi connectivity index (χ1n) is 13.2. The molecule has 0 radical (unpaired) electrons. The molecule has 1 saturated carbocycles. The summed E-state index contributed by atoms with van der Waals surface area (Å²) in [7, 11) is 1.67. The highest BCUT2D eigenvalue weighted by molar-refractivity contribution is 5.93. The van der Waals surface area contributed by atoms with Crippen LogP contribution in [0.3, 0.4) is 0 Å². The number of aromatic nitrogens is 2. The maximum absolute atomic E-state index is 12.3. The lowest BCUT2D eigenvalue weighted by Crippen LogP contribution is -2.16. The molecule has 0 atom stereocenters. The number of nitrogens with one attached hydrogen (secondary N) is 1. The van der Waals surface area contributed by atoms with Crippen LogP contribution in [-0.2, 0) is 18.4 Å². The Labute approximate surface area is 224 Å². The minimum Gasteiger partial charge on any atom is -0.489 e. The fourth-order valence-electron chi connectivity index (χ4n) is 4.60. The van der Waals surface area contributed by atoms with E-state index in [9.17, 15) is 14.7 Å². The number of carbonyl (C=O) groups is 2. The van der Waals surface area contributed by atoms with Crippen LogP contribution in [-0.4, -0.2) is 27.1 Å². The molecule has 1 aliphatic rings. The number of ether oxygens (including phenoxy) is 1. The van der Waals surface area contributed by atoms with E-state index < -0.39 is 5.97 Å². The number of rotatable bonds is 10. The zero-order chi connectivity index (χ0) is 27.5. The van der Waals surface area contributed by atoms with Crippen molar-refractivity contribution < 1.29 is 19.4 Å². The van der Waals surface area contributed by atoms with Gasteiger partial charge in [0.05, 0.1) is 5.70 Å². The van der Waals surface area contributed by atoms with Crippen LogP contribution in [0.15, 0.2) is 66.7 Å². The Morgan fingerprint density at radius 1 is 1.13 bits per heavy atom. The van der Waals surface area contributed by atoms with Crippen molar-refractivity contribution in [2.75, 3.05) is 5.32 Å². The lowest BCUT2D eigenvalue weighted by Gasteiger charge is -2.25. The summed E-state index contributed by atoms with van der Waals surface area (Å²) in [6, 6.07) is 17.1. The number of aldehydes is 1. The third-order valence-electron chi connectivity index (χ3n) is 6.55. The van der Waals surface area contributed by atoms with E-state index in [4.69, 9.17) is 4.74 Å². The summed E-state index contributed by atoms with van der Waals surface area (Å²) in [6.07, 6.45) is 8.00. The molecule has 3 aromatic rings. The topological polar surface area (TPSA) is 93.4 Å². The molecule has 0 bridgehead atoms. The predicted octanol–water partition coefficient (Wildman–Crippen LogP) is 6.97. The minimum atomic E-state index is -1.10. The molecule has 4 rings (SSSR count). The van der Waals surface area contributed by atoms with E-state index in [-0.39, 0.29) is 11.6 Å². The molecule has 7 nitrogen and oxygen atoms in total. The zero-order valence-corrected chi connectivity index (χ0v) is 22.4. The molecule has 2 N–H and O–H groups in total. The van der Waals surface area contributed by atoms with Crippen molar-refractivity contribution >= 4 is 29.8 Å². The quantitative estimate of drug-likeness (QED) is 0.224. The number of hydrogen-bond donors (Lipinski definition) is 2. The lowest BCUT2D eigenvalue weighted by atomic mass is 9.82. The van der Waals surface area contributed by atoms with E-state index in [1.165, 1.54) is 17.2 Å². The number of carboxylic acids is 1. The lowest BCUT2D eigenvalue weighted by molar-refractivity contribution is -0.105. The molecule has 2 aromatic carbocycles.